The van der Waals surface area contributed by atoms with Gasteiger partial charge in [0.05, 0.1) is 5.69 Å². The molecule has 0 bridgehead atoms. The number of carbonyl (C=O) groups is 1. The molecule has 0 saturated heterocycles. The molecule has 0 fully saturated rings. The van der Waals surface area contributed by atoms with Crippen molar-refractivity contribution in [1.29, 1.82) is 0 Å². The summed E-state index contributed by atoms with van der Waals surface area (Å²) in [5, 5.41) is 4.86. The number of halogens is 3. The first kappa shape index (κ1) is 16.0. The van der Waals surface area contributed by atoms with Gasteiger partial charge in [-0.1, -0.05) is 6.07 Å². The predicted octanol–water partition coefficient (Wildman–Crippen LogP) is 2.18. The lowest BCUT2D eigenvalue weighted by atomic mass is 10.1. The fraction of sp³-hybridized carbons (Fsp3) is 0.462. The monoisotopic (exact) mass is 320 g/mol. The Morgan fingerprint density at radius 2 is 2.14 bits per heavy atom. The Bertz CT molecular complexity index is 523. The molecular formula is C13H15F3N2O2S. The van der Waals surface area contributed by atoms with Crippen LogP contribution in [0.1, 0.15) is 18.4 Å². The van der Waals surface area contributed by atoms with Crippen molar-refractivity contribution >= 4 is 22.8 Å². The summed E-state index contributed by atoms with van der Waals surface area (Å²) in [4.78, 5) is 11.4. The molecule has 0 aliphatic carbocycles. The third-order valence-electron chi connectivity index (χ3n) is 3.12. The summed E-state index contributed by atoms with van der Waals surface area (Å²) in [5.74, 6) is -1.48. The number of carbonyl (C=O) groups excluding carboxylic acids is 1. The molecule has 21 heavy (non-hydrogen) atoms. The van der Waals surface area contributed by atoms with E-state index in [4.69, 9.17) is 0 Å². The molecule has 1 atom stereocenters. The Morgan fingerprint density at radius 3 is 2.86 bits per heavy atom. The molecule has 1 aliphatic rings. The van der Waals surface area contributed by atoms with E-state index in [1.165, 1.54) is 0 Å². The molecule has 1 aliphatic heterocycles. The molecule has 1 aromatic rings. The van der Waals surface area contributed by atoms with Crippen LogP contribution >= 0.6 is 0 Å². The number of anilines is 1. The molecular weight excluding hydrogens is 305 g/mol. The zero-order valence-corrected chi connectivity index (χ0v) is 11.9. The molecule has 0 spiro atoms. The van der Waals surface area contributed by atoms with Crippen molar-refractivity contribution in [2.75, 3.05) is 17.7 Å². The number of hydrogen-bond donors (Lipinski definition) is 2. The van der Waals surface area contributed by atoms with E-state index in [1.807, 2.05) is 23.5 Å². The highest BCUT2D eigenvalue weighted by atomic mass is 32.2. The van der Waals surface area contributed by atoms with Crippen LogP contribution in [0, 0.1) is 0 Å². The van der Waals surface area contributed by atoms with E-state index in [9.17, 15) is 22.5 Å². The molecule has 8 heteroatoms. The Labute approximate surface area is 123 Å². The summed E-state index contributed by atoms with van der Waals surface area (Å²) in [6.45, 7) is -0.00320. The number of nitrogens with one attached hydrogen (secondary N) is 2. The van der Waals surface area contributed by atoms with Gasteiger partial charge in [0.2, 0.25) is 0 Å². The van der Waals surface area contributed by atoms with Gasteiger partial charge in [0.15, 0.2) is 10.8 Å². The Balaban J connectivity index is 1.72. The fourth-order valence-corrected chi connectivity index (χ4v) is 3.14. The zero-order chi connectivity index (χ0) is 15.5. The largest absolute Gasteiger partial charge is 0.610 e. The number of amides is 1. The summed E-state index contributed by atoms with van der Waals surface area (Å²) in [6.07, 6.45) is -3.04. The van der Waals surface area contributed by atoms with Crippen molar-refractivity contribution in [1.82, 2.24) is 5.32 Å². The van der Waals surface area contributed by atoms with Gasteiger partial charge in [0, 0.05) is 17.7 Å². The Kier molecular flexibility index (Phi) is 5.00. The summed E-state index contributed by atoms with van der Waals surface area (Å²) in [5.41, 5.74) is 1.86. The van der Waals surface area contributed by atoms with E-state index in [-0.39, 0.29) is 6.54 Å². The third kappa shape index (κ3) is 4.28. The highest BCUT2D eigenvalue weighted by Gasteiger charge is 2.38. The molecule has 1 aromatic carbocycles. The van der Waals surface area contributed by atoms with Gasteiger partial charge in [-0.05, 0) is 37.0 Å². The minimum absolute atomic E-state index is 0.00320. The first-order valence-electron chi connectivity index (χ1n) is 6.48. The molecule has 4 nitrogen and oxygen atoms in total. The average Bonchev–Trinajstić information content (AvgIpc) is 2.78. The Morgan fingerprint density at radius 1 is 1.38 bits per heavy atom. The third-order valence-corrected chi connectivity index (χ3v) is 4.36. The molecule has 2 rings (SSSR count). The summed E-state index contributed by atoms with van der Waals surface area (Å²) in [6, 6.07) is 5.63. The minimum Gasteiger partial charge on any atom is -0.610 e. The maximum Gasteiger partial charge on any atom is 0.471 e. The Hall–Kier alpha value is -1.41. The van der Waals surface area contributed by atoms with Crippen LogP contribution in [0.5, 0.6) is 0 Å². The van der Waals surface area contributed by atoms with Crippen molar-refractivity contribution in [3.63, 3.8) is 0 Å². The van der Waals surface area contributed by atoms with Crippen LogP contribution in [0.2, 0.25) is 0 Å². The van der Waals surface area contributed by atoms with Crippen molar-refractivity contribution in [2.24, 2.45) is 0 Å². The van der Waals surface area contributed by atoms with E-state index in [0.717, 1.165) is 16.1 Å². The van der Waals surface area contributed by atoms with Gasteiger partial charge in [-0.15, -0.1) is 0 Å². The maximum atomic E-state index is 11.9. The average molecular weight is 320 g/mol. The maximum absolute atomic E-state index is 11.9. The van der Waals surface area contributed by atoms with Crippen molar-refractivity contribution < 1.29 is 22.5 Å². The number of unbranched alkanes of at least 4 members (excludes halogenated alkanes) is 1. The van der Waals surface area contributed by atoms with Gasteiger partial charge in [0.25, 0.3) is 0 Å². The molecule has 1 amide bonds. The molecule has 116 valence electrons. The van der Waals surface area contributed by atoms with Gasteiger partial charge in [-0.2, -0.15) is 13.2 Å². The highest BCUT2D eigenvalue weighted by Crippen LogP contribution is 2.29. The highest BCUT2D eigenvalue weighted by molar-refractivity contribution is 7.92. The van der Waals surface area contributed by atoms with Crippen molar-refractivity contribution in [3.05, 3.63) is 23.8 Å². The number of benzene rings is 1. The lowest BCUT2D eigenvalue weighted by Gasteiger charge is -2.08. The van der Waals surface area contributed by atoms with Crippen LogP contribution in [0.4, 0.5) is 18.9 Å². The smallest absolute Gasteiger partial charge is 0.471 e. The van der Waals surface area contributed by atoms with E-state index < -0.39 is 23.3 Å². The fourth-order valence-electron chi connectivity index (χ4n) is 2.03. The lowest BCUT2D eigenvalue weighted by molar-refractivity contribution is -0.173. The van der Waals surface area contributed by atoms with Crippen LogP contribution in [0.3, 0.4) is 0 Å². The van der Waals surface area contributed by atoms with Gasteiger partial charge >= 0.3 is 12.1 Å². The first-order valence-corrected chi connectivity index (χ1v) is 7.80. The van der Waals surface area contributed by atoms with Gasteiger partial charge in [-0.25, -0.2) is 0 Å². The van der Waals surface area contributed by atoms with Crippen LogP contribution in [0.25, 0.3) is 0 Å². The van der Waals surface area contributed by atoms with Crippen molar-refractivity contribution in [2.45, 2.75) is 30.3 Å². The molecule has 2 N–H and O–H groups in total. The predicted molar refractivity (Wildman–Crippen MR) is 73.3 cm³/mol. The van der Waals surface area contributed by atoms with E-state index in [0.29, 0.717) is 25.1 Å². The molecule has 1 unspecified atom stereocenters. The first-order chi connectivity index (χ1) is 9.88. The van der Waals surface area contributed by atoms with E-state index >= 15 is 0 Å². The molecule has 0 radical (unpaired) electrons. The minimum atomic E-state index is -4.82. The van der Waals surface area contributed by atoms with Crippen LogP contribution < -0.4 is 10.6 Å². The molecule has 0 aromatic heterocycles. The van der Waals surface area contributed by atoms with Crippen LogP contribution in [-0.4, -0.2) is 29.1 Å². The number of alkyl halides is 3. The van der Waals surface area contributed by atoms with Crippen LogP contribution in [-0.2, 0) is 22.4 Å². The van der Waals surface area contributed by atoms with E-state index in [1.54, 1.807) is 0 Å². The quantitative estimate of drug-likeness (QED) is 0.645. The molecule has 1 heterocycles. The normalized spacial score (nSPS) is 17.2. The second-order valence-corrected chi connectivity index (χ2v) is 6.13. The van der Waals surface area contributed by atoms with Gasteiger partial charge in [0.1, 0.15) is 0 Å². The number of fused-ring (bicyclic) bond motifs is 1. The number of rotatable bonds is 5. The lowest BCUT2D eigenvalue weighted by Crippen LogP contribution is -2.37. The SMILES string of the molecule is O=C(NCCCCc1ccc2c(c1)[S+]([O-])CN2)C(F)(F)F. The second-order valence-electron chi connectivity index (χ2n) is 4.71. The number of hydrogen-bond acceptors (Lipinski definition) is 3. The summed E-state index contributed by atoms with van der Waals surface area (Å²) >= 11 is -1.03. The number of aryl methyl sites for hydroxylation is 1. The summed E-state index contributed by atoms with van der Waals surface area (Å²) in [7, 11) is 0. The second kappa shape index (κ2) is 6.57. The van der Waals surface area contributed by atoms with Crippen LogP contribution in [0.15, 0.2) is 23.1 Å². The zero-order valence-electron chi connectivity index (χ0n) is 11.1. The van der Waals surface area contributed by atoms with Crippen molar-refractivity contribution in [3.8, 4) is 0 Å². The summed E-state index contributed by atoms with van der Waals surface area (Å²) < 4.78 is 47.5. The molecule has 0 saturated carbocycles. The van der Waals surface area contributed by atoms with Gasteiger partial charge < -0.3 is 15.2 Å². The standard InChI is InChI=1S/C13H15F3N2O2S/c14-13(15,16)12(19)17-6-2-1-3-9-4-5-10-11(7-9)21(20)8-18-10/h4-5,7,18H,1-3,6,8H2,(H,17,19). The van der Waals surface area contributed by atoms with Gasteiger partial charge in [-0.3, -0.25) is 4.79 Å². The van der Waals surface area contributed by atoms with E-state index in [2.05, 4.69) is 5.32 Å². The topological polar surface area (TPSA) is 64.2 Å².